The van der Waals surface area contributed by atoms with Crippen LogP contribution in [0, 0.1) is 0 Å². The van der Waals surface area contributed by atoms with Gasteiger partial charge in [-0.15, -0.1) is 0 Å². The fourth-order valence-electron chi connectivity index (χ4n) is 1.28. The Bertz CT molecular complexity index is 512. The van der Waals surface area contributed by atoms with E-state index in [-0.39, 0.29) is 0 Å². The predicted molar refractivity (Wildman–Crippen MR) is 74.2 cm³/mol. The second kappa shape index (κ2) is 8.37. The average Bonchev–Trinajstić information content (AvgIpc) is 2.44. The number of carbonyl (C=O) groups is 3. The van der Waals surface area contributed by atoms with Crippen LogP contribution >= 0.6 is 23.2 Å². The third kappa shape index (κ3) is 5.19. The first-order chi connectivity index (χ1) is 11.6. The third-order valence-corrected chi connectivity index (χ3v) is 3.39. The Morgan fingerprint density at radius 3 is 1.23 bits per heavy atom. The van der Waals surface area contributed by atoms with Crippen LogP contribution in [0.5, 0.6) is 0 Å². The Morgan fingerprint density at radius 1 is 0.769 bits per heavy atom. The Labute approximate surface area is 152 Å². The van der Waals surface area contributed by atoms with E-state index in [1.807, 2.05) is 0 Å². The van der Waals surface area contributed by atoms with Gasteiger partial charge in [0.25, 0.3) is 0 Å². The van der Waals surface area contributed by atoms with Crippen LogP contribution in [0.3, 0.4) is 0 Å². The number of hydrogen-bond acceptors (Lipinski definition) is 5. The molecular weight excluding hydrogens is 425 g/mol. The molecule has 0 bridgehead atoms. The van der Waals surface area contributed by atoms with Crippen LogP contribution in [0.25, 0.3) is 0 Å². The molecule has 0 aromatic carbocycles. The Kier molecular flexibility index (Phi) is 7.85. The van der Waals surface area contributed by atoms with Gasteiger partial charge in [-0.1, -0.05) is 23.2 Å². The number of halogens is 8. The van der Waals surface area contributed by atoms with E-state index in [0.717, 1.165) is 24.5 Å². The van der Waals surface area contributed by atoms with E-state index in [0.29, 0.717) is 0 Å². The number of alkyl halides is 8. The number of hydrogen-bond donors (Lipinski definition) is 2. The smallest absolute Gasteiger partial charge is 0.437 e. The van der Waals surface area contributed by atoms with Crippen molar-refractivity contribution in [3.05, 3.63) is 0 Å². The van der Waals surface area contributed by atoms with Gasteiger partial charge in [-0.05, 0) is 13.8 Å². The van der Waals surface area contributed by atoms with E-state index in [1.54, 1.807) is 0 Å². The van der Waals surface area contributed by atoms with E-state index in [1.165, 1.54) is 0 Å². The van der Waals surface area contributed by atoms with Gasteiger partial charge < -0.3 is 20.1 Å². The number of urea groups is 1. The first kappa shape index (κ1) is 24.4. The third-order valence-electron chi connectivity index (χ3n) is 2.47. The van der Waals surface area contributed by atoms with Crippen LogP contribution in [0.4, 0.5) is 31.1 Å². The normalized spacial score (nSPS) is 16.7. The number of amides is 2. The van der Waals surface area contributed by atoms with Crippen LogP contribution in [-0.4, -0.2) is 53.5 Å². The van der Waals surface area contributed by atoms with Crippen molar-refractivity contribution >= 4 is 41.2 Å². The quantitative estimate of drug-likeness (QED) is 0.288. The Balaban J connectivity index is 5.68. The molecule has 0 aromatic heterocycles. The lowest BCUT2D eigenvalue weighted by Crippen LogP contribution is -2.67. The van der Waals surface area contributed by atoms with Gasteiger partial charge in [0, 0.05) is 0 Å². The number of ether oxygens (including phenoxy) is 2. The van der Waals surface area contributed by atoms with Crippen molar-refractivity contribution in [2.75, 3.05) is 13.2 Å². The summed E-state index contributed by atoms with van der Waals surface area (Å²) in [5.74, 6) is -4.43. The monoisotopic (exact) mass is 436 g/mol. The zero-order chi connectivity index (χ0) is 21.0. The van der Waals surface area contributed by atoms with E-state index < -0.39 is 53.5 Å². The minimum atomic E-state index is -5.67. The van der Waals surface area contributed by atoms with Gasteiger partial charge in [-0.3, -0.25) is 0 Å². The molecule has 0 rings (SSSR count). The van der Waals surface area contributed by atoms with Gasteiger partial charge in [0.15, 0.2) is 0 Å². The van der Waals surface area contributed by atoms with Gasteiger partial charge >= 0.3 is 40.3 Å². The summed E-state index contributed by atoms with van der Waals surface area (Å²) < 4.78 is 85.9. The Morgan fingerprint density at radius 2 is 1.04 bits per heavy atom. The largest absolute Gasteiger partial charge is 0.463 e. The summed E-state index contributed by atoms with van der Waals surface area (Å²) in [6.07, 6.45) is -11.3. The molecule has 0 saturated carbocycles. The molecule has 26 heavy (non-hydrogen) atoms. The highest BCUT2D eigenvalue weighted by atomic mass is 35.5. The van der Waals surface area contributed by atoms with Crippen LogP contribution in [0.15, 0.2) is 0 Å². The van der Waals surface area contributed by atoms with E-state index in [2.05, 4.69) is 9.47 Å². The maximum Gasteiger partial charge on any atom is 0.437 e. The zero-order valence-electron chi connectivity index (χ0n) is 13.0. The van der Waals surface area contributed by atoms with Gasteiger partial charge in [0.1, 0.15) is 0 Å². The molecule has 0 radical (unpaired) electrons. The summed E-state index contributed by atoms with van der Waals surface area (Å²) in [4.78, 5) is 25.9. The maximum absolute atomic E-state index is 13.0. The molecule has 15 heteroatoms. The van der Waals surface area contributed by atoms with E-state index in [4.69, 9.17) is 23.2 Å². The minimum Gasteiger partial charge on any atom is -0.463 e. The molecule has 7 nitrogen and oxygen atoms in total. The fraction of sp³-hybridized carbons (Fsp3) is 0.727. The highest BCUT2D eigenvalue weighted by molar-refractivity contribution is 6.36. The lowest BCUT2D eigenvalue weighted by molar-refractivity contribution is -0.193. The molecule has 0 aliphatic heterocycles. The molecule has 2 atom stereocenters. The van der Waals surface area contributed by atoms with Gasteiger partial charge in [-0.2, -0.15) is 26.3 Å². The molecule has 2 amide bonds. The number of rotatable bonds is 6. The van der Waals surface area contributed by atoms with Crippen molar-refractivity contribution in [2.45, 2.75) is 36.2 Å². The SMILES string of the molecule is CCOC(=O)C(Cl)(NC(=O)NC(Cl)(C(=O)OCC)C(F)(F)F)C(F)(F)F. The number of esters is 2. The topological polar surface area (TPSA) is 93.7 Å². The van der Waals surface area contributed by atoms with Gasteiger partial charge in [-0.25, -0.2) is 14.4 Å². The summed E-state index contributed by atoms with van der Waals surface area (Å²) in [5.41, 5.74) is 0. The summed E-state index contributed by atoms with van der Waals surface area (Å²) >= 11 is 10.0. The molecule has 0 aliphatic carbocycles. The molecule has 2 N–H and O–H groups in total. The van der Waals surface area contributed by atoms with Crippen molar-refractivity contribution in [1.82, 2.24) is 10.6 Å². The lowest BCUT2D eigenvalue weighted by atomic mass is 10.2. The summed E-state index contributed by atoms with van der Waals surface area (Å²) in [6, 6.07) is -2.34. The highest BCUT2D eigenvalue weighted by Gasteiger charge is 2.65. The van der Waals surface area contributed by atoms with Gasteiger partial charge in [0.2, 0.25) is 0 Å². The minimum absolute atomic E-state index is 0.586. The standard InChI is InChI=1S/C11H12Cl2F6N2O5/c1-3-25-5(22)8(12,10(14,15)16)20-7(24)21-9(13,11(17,18)19)6(23)26-4-2/h3-4H2,1-2H3,(H2,20,21,24). The molecule has 0 aromatic rings. The van der Waals surface area contributed by atoms with Crippen molar-refractivity contribution in [3.8, 4) is 0 Å². The second-order valence-electron chi connectivity index (χ2n) is 4.33. The zero-order valence-corrected chi connectivity index (χ0v) is 14.5. The molecule has 0 heterocycles. The lowest BCUT2D eigenvalue weighted by Gasteiger charge is -2.31. The van der Waals surface area contributed by atoms with Crippen molar-refractivity contribution in [2.24, 2.45) is 0 Å². The van der Waals surface area contributed by atoms with E-state index in [9.17, 15) is 40.7 Å². The maximum atomic E-state index is 13.0. The van der Waals surface area contributed by atoms with Crippen LogP contribution < -0.4 is 10.6 Å². The molecule has 2 unspecified atom stereocenters. The average molecular weight is 437 g/mol. The molecule has 0 fully saturated rings. The number of nitrogens with one attached hydrogen (secondary N) is 2. The van der Waals surface area contributed by atoms with Crippen molar-refractivity contribution in [3.63, 3.8) is 0 Å². The van der Waals surface area contributed by atoms with Crippen molar-refractivity contribution in [1.29, 1.82) is 0 Å². The summed E-state index contributed by atoms with van der Waals surface area (Å²) in [6.45, 7) is 1.05. The molecule has 0 spiro atoms. The second-order valence-corrected chi connectivity index (χ2v) is 5.47. The molecular formula is C11H12Cl2F6N2O5. The summed E-state index contributed by atoms with van der Waals surface area (Å²) in [7, 11) is 0. The first-order valence-corrected chi connectivity index (χ1v) is 7.28. The molecule has 0 saturated heterocycles. The summed E-state index contributed by atoms with van der Waals surface area (Å²) in [5, 5.41) is 1.53. The van der Waals surface area contributed by atoms with E-state index >= 15 is 0 Å². The van der Waals surface area contributed by atoms with Crippen LogP contribution in [0.2, 0.25) is 0 Å². The fourth-order valence-corrected chi connectivity index (χ4v) is 1.56. The molecule has 152 valence electrons. The van der Waals surface area contributed by atoms with Crippen LogP contribution in [-0.2, 0) is 19.1 Å². The number of carbonyl (C=O) groups excluding carboxylic acids is 3. The van der Waals surface area contributed by atoms with Gasteiger partial charge in [0.05, 0.1) is 13.2 Å². The Hall–Kier alpha value is -1.63. The van der Waals surface area contributed by atoms with Crippen LogP contribution in [0.1, 0.15) is 13.8 Å². The molecule has 0 aliphatic rings. The predicted octanol–water partition coefficient (Wildman–Crippen LogP) is 2.41. The first-order valence-electron chi connectivity index (χ1n) is 6.52. The highest BCUT2D eigenvalue weighted by Crippen LogP contribution is 2.37. The van der Waals surface area contributed by atoms with Crippen molar-refractivity contribution < 1.29 is 50.2 Å².